The molecule has 4 nitrogen and oxygen atoms in total. The maximum Gasteiger partial charge on any atom is 0.140 e. The Morgan fingerprint density at radius 2 is 1.87 bits per heavy atom. The zero-order valence-electron chi connectivity index (χ0n) is 10.2. The predicted molar refractivity (Wildman–Crippen MR) is 65.2 cm³/mol. The van der Waals surface area contributed by atoms with E-state index in [0.717, 1.165) is 36.2 Å². The molecule has 1 saturated heterocycles. The third-order valence-electron chi connectivity index (χ3n) is 3.18. The van der Waals surface area contributed by atoms with Crippen molar-refractivity contribution >= 4 is 10.2 Å². The Kier molecular flexibility index (Phi) is 5.77. The van der Waals surface area contributed by atoms with Crippen molar-refractivity contribution in [3.8, 4) is 0 Å². The van der Waals surface area contributed by atoms with Gasteiger partial charge in [-0.05, 0) is 19.4 Å². The minimum absolute atomic E-state index is 0.270. The van der Waals surface area contributed by atoms with E-state index in [-0.39, 0.29) is 5.41 Å². The van der Waals surface area contributed by atoms with Crippen LogP contribution < -0.4 is 5.32 Å². The topological polar surface area (TPSA) is 33.7 Å². The molecule has 1 rings (SSSR count). The fraction of sp³-hybridized carbons (Fsp3) is 1.00. The Hall–Kier alpha value is 0.0569. The Morgan fingerprint density at radius 3 is 2.40 bits per heavy atom. The summed E-state index contributed by atoms with van der Waals surface area (Å²) in [6.45, 7) is 5.77. The number of nitrogens with one attached hydrogen (secondary N) is 1. The normalized spacial score (nSPS) is 19.6. The van der Waals surface area contributed by atoms with E-state index in [1.807, 2.05) is 0 Å². The summed E-state index contributed by atoms with van der Waals surface area (Å²) in [7, 11) is 4.40. The van der Waals surface area contributed by atoms with Gasteiger partial charge in [-0.25, -0.2) is 0 Å². The van der Waals surface area contributed by atoms with E-state index < -0.39 is 0 Å². The summed E-state index contributed by atoms with van der Waals surface area (Å²) in [6, 6.07) is 0. The number of nitrogens with zero attached hydrogens (tertiary/aromatic N) is 1. The smallest absolute Gasteiger partial charge is 0.140 e. The van der Waals surface area contributed by atoms with E-state index in [0.29, 0.717) is 0 Å². The van der Waals surface area contributed by atoms with Gasteiger partial charge in [0.05, 0.1) is 10.2 Å². The molecule has 1 fully saturated rings. The highest BCUT2D eigenvalue weighted by Crippen LogP contribution is 2.14. The predicted octanol–water partition coefficient (Wildman–Crippen LogP) is -1.02. The molecule has 0 aromatic carbocycles. The van der Waals surface area contributed by atoms with Crippen LogP contribution in [0.2, 0.25) is 0 Å². The molecular weight excluding hydrogens is 208 g/mol. The van der Waals surface area contributed by atoms with Crippen molar-refractivity contribution in [3.05, 3.63) is 0 Å². The van der Waals surface area contributed by atoms with Crippen molar-refractivity contribution in [2.24, 2.45) is 0 Å². The van der Waals surface area contributed by atoms with Gasteiger partial charge in [0.25, 0.3) is 0 Å². The van der Waals surface area contributed by atoms with Gasteiger partial charge in [-0.3, -0.25) is 0 Å². The summed E-state index contributed by atoms with van der Waals surface area (Å²) < 4.78 is 10.8. The molecule has 90 valence electrons. The van der Waals surface area contributed by atoms with Crippen LogP contribution >= 0.6 is 0 Å². The average Bonchev–Trinajstić information content (AvgIpc) is 2.30. The van der Waals surface area contributed by atoms with Crippen molar-refractivity contribution in [1.29, 1.82) is 0 Å². The number of rotatable bonds is 6. The molecule has 1 heterocycles. The second-order valence-corrected chi connectivity index (χ2v) is 5.76. The van der Waals surface area contributed by atoms with Gasteiger partial charge in [0.1, 0.15) is 5.41 Å². The summed E-state index contributed by atoms with van der Waals surface area (Å²) in [6.07, 6.45) is 2.17. The molecule has 0 atom stereocenters. The average molecular weight is 232 g/mol. The molecule has 15 heavy (non-hydrogen) atoms. The van der Waals surface area contributed by atoms with Gasteiger partial charge < -0.3 is 19.7 Å². The van der Waals surface area contributed by atoms with Crippen LogP contribution in [0.1, 0.15) is 12.8 Å². The van der Waals surface area contributed by atoms with Crippen LogP contribution in [0.15, 0.2) is 0 Å². The Bertz CT molecular complexity index is 171. The number of methoxy groups -OCH3 is 2. The molecule has 5 heteroatoms. The molecule has 0 saturated carbocycles. The van der Waals surface area contributed by atoms with Gasteiger partial charge in [-0.2, -0.15) is 0 Å². The minimum atomic E-state index is -0.270. The van der Waals surface area contributed by atoms with Crippen LogP contribution in [-0.4, -0.2) is 67.5 Å². The molecule has 0 spiro atoms. The molecule has 0 radical (unpaired) electrons. The largest absolute Gasteiger partial charge is 0.358 e. The highest BCUT2D eigenvalue weighted by atomic mass is 28.1. The Labute approximate surface area is 95.7 Å². The van der Waals surface area contributed by atoms with Gasteiger partial charge in [0.2, 0.25) is 0 Å². The fourth-order valence-electron chi connectivity index (χ4n) is 1.85. The zero-order valence-corrected chi connectivity index (χ0v) is 12.2. The Balaban J connectivity index is 2.14. The van der Waals surface area contributed by atoms with E-state index in [4.69, 9.17) is 9.47 Å². The number of hydrogen-bond donors (Lipinski definition) is 1. The SMILES string of the molecule is COC([SiH3])(CCCN1CCNCC1)OC. The van der Waals surface area contributed by atoms with Crippen molar-refractivity contribution < 1.29 is 9.47 Å². The fourth-order valence-corrected chi connectivity index (χ4v) is 2.20. The van der Waals surface area contributed by atoms with E-state index in [2.05, 4.69) is 10.2 Å². The van der Waals surface area contributed by atoms with Gasteiger partial charge >= 0.3 is 0 Å². The first-order chi connectivity index (χ1) is 7.20. The van der Waals surface area contributed by atoms with Gasteiger partial charge in [0.15, 0.2) is 0 Å². The number of piperazine rings is 1. The van der Waals surface area contributed by atoms with Gasteiger partial charge in [-0.1, -0.05) is 0 Å². The third-order valence-corrected chi connectivity index (χ3v) is 4.49. The van der Waals surface area contributed by atoms with E-state index in [9.17, 15) is 0 Å². The Morgan fingerprint density at radius 1 is 1.27 bits per heavy atom. The molecule has 0 bridgehead atoms. The summed E-state index contributed by atoms with van der Waals surface area (Å²) in [5.41, 5.74) is -0.270. The van der Waals surface area contributed by atoms with Crippen LogP contribution in [0.4, 0.5) is 0 Å². The molecule has 0 aromatic rings. The zero-order chi connectivity index (χ0) is 11.1. The van der Waals surface area contributed by atoms with Crippen LogP contribution in [0.5, 0.6) is 0 Å². The standard InChI is InChI=1S/C10H24N2O2Si/c1-13-10(15,14-2)4-3-7-12-8-5-11-6-9-12/h11H,3-9H2,1-2,15H3. The molecule has 1 N–H and O–H groups in total. The van der Waals surface area contributed by atoms with E-state index >= 15 is 0 Å². The summed E-state index contributed by atoms with van der Waals surface area (Å²) in [4.78, 5) is 2.50. The maximum absolute atomic E-state index is 5.39. The first-order valence-electron chi connectivity index (χ1n) is 5.73. The van der Waals surface area contributed by atoms with Crippen molar-refractivity contribution in [2.45, 2.75) is 18.3 Å². The first kappa shape index (κ1) is 13.1. The number of ether oxygens (including phenoxy) is 2. The summed E-state index contributed by atoms with van der Waals surface area (Å²) >= 11 is 0. The lowest BCUT2D eigenvalue weighted by Gasteiger charge is -2.30. The molecule has 0 amide bonds. The van der Waals surface area contributed by atoms with Gasteiger partial charge in [-0.15, -0.1) is 0 Å². The van der Waals surface area contributed by atoms with E-state index in [1.54, 1.807) is 14.2 Å². The van der Waals surface area contributed by atoms with Crippen molar-refractivity contribution in [2.75, 3.05) is 46.9 Å². The lowest BCUT2D eigenvalue weighted by Crippen LogP contribution is -2.44. The molecule has 0 unspecified atom stereocenters. The van der Waals surface area contributed by atoms with Crippen molar-refractivity contribution in [1.82, 2.24) is 10.2 Å². The van der Waals surface area contributed by atoms with Crippen LogP contribution in [0.3, 0.4) is 0 Å². The van der Waals surface area contributed by atoms with Gasteiger partial charge in [0, 0.05) is 40.4 Å². The summed E-state index contributed by atoms with van der Waals surface area (Å²) in [5, 5.41) is 3.36. The van der Waals surface area contributed by atoms with Crippen LogP contribution in [0, 0.1) is 0 Å². The summed E-state index contributed by atoms with van der Waals surface area (Å²) in [5.74, 6) is 0. The highest BCUT2D eigenvalue weighted by Gasteiger charge is 2.21. The second-order valence-electron chi connectivity index (χ2n) is 4.24. The lowest BCUT2D eigenvalue weighted by molar-refractivity contribution is -0.147. The highest BCUT2D eigenvalue weighted by molar-refractivity contribution is 6.13. The number of hydrogen-bond acceptors (Lipinski definition) is 4. The minimum Gasteiger partial charge on any atom is -0.358 e. The molecule has 1 aliphatic rings. The maximum atomic E-state index is 5.39. The van der Waals surface area contributed by atoms with Crippen LogP contribution in [-0.2, 0) is 9.47 Å². The van der Waals surface area contributed by atoms with E-state index in [1.165, 1.54) is 19.6 Å². The first-order valence-corrected chi connectivity index (χ1v) is 6.73. The second kappa shape index (κ2) is 6.60. The molecular formula is C10H24N2O2Si. The monoisotopic (exact) mass is 232 g/mol. The lowest BCUT2D eigenvalue weighted by atomic mass is 10.2. The third kappa shape index (κ3) is 4.61. The molecule has 0 aromatic heterocycles. The molecule has 1 aliphatic heterocycles. The van der Waals surface area contributed by atoms with Crippen molar-refractivity contribution in [3.63, 3.8) is 0 Å². The molecule has 0 aliphatic carbocycles. The van der Waals surface area contributed by atoms with Crippen LogP contribution in [0.25, 0.3) is 0 Å². The quantitative estimate of drug-likeness (QED) is 0.470.